The summed E-state index contributed by atoms with van der Waals surface area (Å²) in [7, 11) is 0. The molecule has 0 unspecified atom stereocenters. The van der Waals surface area contributed by atoms with Crippen molar-refractivity contribution in [2.45, 2.75) is 31.6 Å². The molecule has 0 fully saturated rings. The van der Waals surface area contributed by atoms with E-state index in [1.54, 1.807) is 0 Å². The van der Waals surface area contributed by atoms with Gasteiger partial charge >= 0.3 is 0 Å². The molecular weight excluding hydrogens is 803 g/mol. The molecule has 1 nitrogen and oxygen atoms in total. The maximum Gasteiger partial charge on any atom is 0.0725 e. The number of fused-ring (bicyclic) bond motifs is 14. The third kappa shape index (κ3) is 5.51. The maximum absolute atomic E-state index is 2.52. The standard InChI is InChI=1S/C63H45NS/c1-62(2,3)41-32-34-42(35-33-41)64(43-36-37-56-52(39-43)48-22-10-14-28-55(48)63(56)53-26-12-8-20-46(53)47-21-9-13-27-54(47)63)57-38-31-40-17-4-5-18-44(40)60(57)49-23-7-6-19-45(49)50-25-16-30-59-61(50)51-24-11-15-29-58(51)65-59/h4-39H,1-3H3. The SMILES string of the molecule is CC(C)(C)c1ccc(N(c2ccc3c(c2)-c2ccccc2C32c3ccccc3-c3ccccc32)c2ccc3ccccc3c2-c2ccccc2-c2cccc3sc4ccccc4c23)cc1. The van der Waals surface area contributed by atoms with Gasteiger partial charge in [-0.25, -0.2) is 0 Å². The van der Waals surface area contributed by atoms with Gasteiger partial charge in [0.15, 0.2) is 0 Å². The zero-order valence-electron chi connectivity index (χ0n) is 36.6. The van der Waals surface area contributed by atoms with Gasteiger partial charge in [-0.05, 0) is 125 Å². The highest BCUT2D eigenvalue weighted by atomic mass is 32.1. The van der Waals surface area contributed by atoms with E-state index in [0.717, 1.165) is 17.1 Å². The Kier molecular flexibility index (Phi) is 8.32. The summed E-state index contributed by atoms with van der Waals surface area (Å²) >= 11 is 1.88. The molecule has 308 valence electrons. The van der Waals surface area contributed by atoms with E-state index in [4.69, 9.17) is 0 Å². The maximum atomic E-state index is 2.52. The van der Waals surface area contributed by atoms with Crippen molar-refractivity contribution in [2.75, 3.05) is 4.90 Å². The fraction of sp³-hybridized carbons (Fsp3) is 0.0794. The van der Waals surface area contributed by atoms with Crippen molar-refractivity contribution in [3.8, 4) is 44.5 Å². The fourth-order valence-electron chi connectivity index (χ4n) is 11.4. The molecule has 2 heteroatoms. The largest absolute Gasteiger partial charge is 0.310 e. The molecule has 13 rings (SSSR count). The number of rotatable bonds is 5. The van der Waals surface area contributed by atoms with Crippen molar-refractivity contribution in [1.82, 2.24) is 0 Å². The molecule has 0 amide bonds. The lowest BCUT2D eigenvalue weighted by atomic mass is 9.70. The second-order valence-electron chi connectivity index (χ2n) is 18.8. The minimum Gasteiger partial charge on any atom is -0.310 e. The van der Waals surface area contributed by atoms with Crippen molar-refractivity contribution in [3.63, 3.8) is 0 Å². The number of anilines is 3. The van der Waals surface area contributed by atoms with Gasteiger partial charge in [-0.15, -0.1) is 11.3 Å². The smallest absolute Gasteiger partial charge is 0.0725 e. The van der Waals surface area contributed by atoms with E-state index in [0.29, 0.717) is 0 Å². The number of nitrogens with zero attached hydrogens (tertiary/aromatic N) is 1. The molecule has 1 spiro atoms. The van der Waals surface area contributed by atoms with Gasteiger partial charge in [0.05, 0.1) is 11.1 Å². The first-order chi connectivity index (χ1) is 31.9. The summed E-state index contributed by atoms with van der Waals surface area (Å²) in [5.41, 5.74) is 19.8. The van der Waals surface area contributed by atoms with Gasteiger partial charge in [-0.1, -0.05) is 197 Å². The summed E-state index contributed by atoms with van der Waals surface area (Å²) in [6.45, 7) is 6.88. The van der Waals surface area contributed by atoms with Gasteiger partial charge in [0.1, 0.15) is 0 Å². The number of hydrogen-bond donors (Lipinski definition) is 0. The summed E-state index contributed by atoms with van der Waals surface area (Å²) in [6.07, 6.45) is 0. The van der Waals surface area contributed by atoms with E-state index in [9.17, 15) is 0 Å². The number of hydrogen-bond acceptors (Lipinski definition) is 2. The van der Waals surface area contributed by atoms with Crippen molar-refractivity contribution in [3.05, 3.63) is 246 Å². The monoisotopic (exact) mass is 847 g/mol. The van der Waals surface area contributed by atoms with Crippen LogP contribution in [0.5, 0.6) is 0 Å². The molecule has 0 radical (unpaired) electrons. The molecular formula is C63H45NS. The predicted molar refractivity (Wildman–Crippen MR) is 277 cm³/mol. The molecule has 0 atom stereocenters. The molecule has 0 bridgehead atoms. The number of thiophene rings is 1. The Balaban J connectivity index is 1.09. The first-order valence-electron chi connectivity index (χ1n) is 22.8. The molecule has 0 N–H and O–H groups in total. The van der Waals surface area contributed by atoms with Gasteiger partial charge < -0.3 is 4.90 Å². The molecule has 0 saturated heterocycles. The van der Waals surface area contributed by atoms with Crippen LogP contribution in [0, 0.1) is 0 Å². The topological polar surface area (TPSA) is 3.24 Å². The van der Waals surface area contributed by atoms with Crippen molar-refractivity contribution >= 4 is 59.3 Å². The van der Waals surface area contributed by atoms with E-state index < -0.39 is 5.41 Å². The Labute approximate surface area is 384 Å². The summed E-state index contributed by atoms with van der Waals surface area (Å²) in [6, 6.07) is 82.2. The van der Waals surface area contributed by atoms with E-state index in [2.05, 4.69) is 244 Å². The Hall–Kier alpha value is -7.52. The van der Waals surface area contributed by atoms with E-state index in [1.807, 2.05) is 11.3 Å². The van der Waals surface area contributed by atoms with Gasteiger partial charge in [0, 0.05) is 37.1 Å². The van der Waals surface area contributed by atoms with Crippen LogP contribution >= 0.6 is 11.3 Å². The Morgan fingerprint density at radius 3 is 1.60 bits per heavy atom. The highest BCUT2D eigenvalue weighted by Gasteiger charge is 2.51. The van der Waals surface area contributed by atoms with Crippen LogP contribution < -0.4 is 4.90 Å². The summed E-state index contributed by atoms with van der Waals surface area (Å²) in [5.74, 6) is 0. The molecule has 2 aliphatic carbocycles. The lowest BCUT2D eigenvalue weighted by Crippen LogP contribution is -2.25. The molecule has 1 aromatic heterocycles. The fourth-order valence-corrected chi connectivity index (χ4v) is 12.6. The molecule has 1 heterocycles. The van der Waals surface area contributed by atoms with Crippen molar-refractivity contribution in [1.29, 1.82) is 0 Å². The number of benzene rings is 10. The molecule has 2 aliphatic rings. The quantitative estimate of drug-likeness (QED) is 0.167. The van der Waals surface area contributed by atoms with E-state index >= 15 is 0 Å². The van der Waals surface area contributed by atoms with Crippen LogP contribution in [0.1, 0.15) is 48.6 Å². The van der Waals surface area contributed by atoms with Gasteiger partial charge in [-0.2, -0.15) is 0 Å². The summed E-state index contributed by atoms with van der Waals surface area (Å²) in [4.78, 5) is 2.52. The minimum absolute atomic E-state index is 0.0166. The Bertz CT molecular complexity index is 3670. The second kappa shape index (κ2) is 14.2. The van der Waals surface area contributed by atoms with Crippen LogP contribution in [-0.2, 0) is 10.8 Å². The molecule has 0 saturated carbocycles. The Morgan fingerprint density at radius 1 is 0.385 bits per heavy atom. The third-order valence-corrected chi connectivity index (χ3v) is 15.4. The van der Waals surface area contributed by atoms with Crippen LogP contribution in [0.25, 0.3) is 75.5 Å². The molecule has 11 aromatic rings. The molecule has 0 aliphatic heterocycles. The van der Waals surface area contributed by atoms with Gasteiger partial charge in [0.25, 0.3) is 0 Å². The first kappa shape index (κ1) is 38.0. The summed E-state index contributed by atoms with van der Waals surface area (Å²) < 4.78 is 2.62. The first-order valence-corrected chi connectivity index (χ1v) is 23.6. The second-order valence-corrected chi connectivity index (χ2v) is 19.8. The highest BCUT2D eigenvalue weighted by molar-refractivity contribution is 7.25. The van der Waals surface area contributed by atoms with Crippen molar-refractivity contribution < 1.29 is 0 Å². The van der Waals surface area contributed by atoms with Gasteiger partial charge in [-0.3, -0.25) is 0 Å². The van der Waals surface area contributed by atoms with Gasteiger partial charge in [0.2, 0.25) is 0 Å². The highest BCUT2D eigenvalue weighted by Crippen LogP contribution is 2.63. The summed E-state index contributed by atoms with van der Waals surface area (Å²) in [5, 5.41) is 5.06. The van der Waals surface area contributed by atoms with Crippen molar-refractivity contribution in [2.24, 2.45) is 0 Å². The third-order valence-electron chi connectivity index (χ3n) is 14.3. The van der Waals surface area contributed by atoms with Crippen LogP contribution in [0.3, 0.4) is 0 Å². The molecule has 10 aromatic carbocycles. The average Bonchev–Trinajstić information content (AvgIpc) is 3.98. The molecule has 65 heavy (non-hydrogen) atoms. The van der Waals surface area contributed by atoms with Crippen LogP contribution in [0.15, 0.2) is 218 Å². The lowest BCUT2D eigenvalue weighted by Gasteiger charge is -2.32. The van der Waals surface area contributed by atoms with Crippen LogP contribution in [0.4, 0.5) is 17.1 Å². The van der Waals surface area contributed by atoms with E-state index in [-0.39, 0.29) is 5.41 Å². The Morgan fingerprint density at radius 2 is 0.908 bits per heavy atom. The normalized spacial score (nSPS) is 13.3. The van der Waals surface area contributed by atoms with Crippen LogP contribution in [0.2, 0.25) is 0 Å². The minimum atomic E-state index is -0.406. The lowest BCUT2D eigenvalue weighted by molar-refractivity contribution is 0.590. The predicted octanol–water partition coefficient (Wildman–Crippen LogP) is 17.7. The van der Waals surface area contributed by atoms with Crippen LogP contribution in [-0.4, -0.2) is 0 Å². The zero-order valence-corrected chi connectivity index (χ0v) is 37.5. The average molecular weight is 848 g/mol. The van der Waals surface area contributed by atoms with E-state index in [1.165, 1.54) is 103 Å². The zero-order chi connectivity index (χ0) is 43.4.